The zero-order valence-corrected chi connectivity index (χ0v) is 10.9. The van der Waals surface area contributed by atoms with Gasteiger partial charge in [-0.3, -0.25) is 9.89 Å². The van der Waals surface area contributed by atoms with E-state index in [1.54, 1.807) is 11.9 Å². The van der Waals surface area contributed by atoms with Gasteiger partial charge in [0.05, 0.1) is 11.4 Å². The number of aromatic nitrogens is 3. The van der Waals surface area contributed by atoms with E-state index in [9.17, 15) is 4.79 Å². The second kappa shape index (κ2) is 4.53. The van der Waals surface area contributed by atoms with Crippen molar-refractivity contribution in [2.45, 2.75) is 25.3 Å². The second-order valence-electron chi connectivity index (χ2n) is 4.57. The van der Waals surface area contributed by atoms with Crippen molar-refractivity contribution < 1.29 is 4.79 Å². The Balaban J connectivity index is 1.75. The Labute approximate surface area is 109 Å². The molecule has 1 saturated carbocycles. The Morgan fingerprint density at radius 1 is 1.61 bits per heavy atom. The van der Waals surface area contributed by atoms with Crippen LogP contribution in [0.25, 0.3) is 0 Å². The summed E-state index contributed by atoms with van der Waals surface area (Å²) in [4.78, 5) is 18.9. The van der Waals surface area contributed by atoms with Crippen molar-refractivity contribution in [3.63, 3.8) is 0 Å². The molecule has 0 aromatic carbocycles. The number of aromatic amines is 1. The first-order chi connectivity index (χ1) is 8.75. The Hall–Kier alpha value is -1.69. The van der Waals surface area contributed by atoms with Gasteiger partial charge in [0, 0.05) is 7.05 Å². The monoisotopic (exact) mass is 262 g/mol. The van der Waals surface area contributed by atoms with Gasteiger partial charge in [-0.05, 0) is 35.8 Å². The van der Waals surface area contributed by atoms with Gasteiger partial charge in [-0.15, -0.1) is 11.3 Å². The van der Waals surface area contributed by atoms with Gasteiger partial charge >= 0.3 is 0 Å². The lowest BCUT2D eigenvalue weighted by Gasteiger charge is -2.15. The van der Waals surface area contributed by atoms with Crippen molar-refractivity contribution in [3.8, 4) is 0 Å². The van der Waals surface area contributed by atoms with E-state index in [2.05, 4.69) is 21.2 Å². The molecule has 2 aromatic rings. The molecular formula is C12H14N4OS. The summed E-state index contributed by atoms with van der Waals surface area (Å²) in [6.45, 7) is 0.459. The maximum Gasteiger partial charge on any atom is 0.264 e. The van der Waals surface area contributed by atoms with Gasteiger partial charge in [0.1, 0.15) is 12.2 Å². The molecule has 0 bridgehead atoms. The predicted molar refractivity (Wildman–Crippen MR) is 68.5 cm³/mol. The van der Waals surface area contributed by atoms with E-state index in [1.165, 1.54) is 36.1 Å². The Bertz CT molecular complexity index is 544. The van der Waals surface area contributed by atoms with E-state index in [4.69, 9.17) is 0 Å². The lowest BCUT2D eigenvalue weighted by atomic mass is 10.1. The van der Waals surface area contributed by atoms with Crippen LogP contribution in [-0.2, 0) is 6.54 Å². The van der Waals surface area contributed by atoms with Crippen molar-refractivity contribution in [2.75, 3.05) is 7.05 Å². The molecule has 0 spiro atoms. The van der Waals surface area contributed by atoms with Crippen molar-refractivity contribution >= 4 is 17.2 Å². The molecule has 0 atom stereocenters. The standard InChI is InChI=1S/C12H14N4OS/c1-16(6-10-13-7-14-15-10)12(17)11-9(4-5-18-11)8-2-3-8/h4-5,7-8H,2-3,6H2,1H3,(H,13,14,15). The summed E-state index contributed by atoms with van der Waals surface area (Å²) in [5.74, 6) is 1.38. The number of carbonyl (C=O) groups excluding carboxylic acids is 1. The Morgan fingerprint density at radius 3 is 3.11 bits per heavy atom. The van der Waals surface area contributed by atoms with Crippen molar-refractivity contribution in [2.24, 2.45) is 0 Å². The van der Waals surface area contributed by atoms with Crippen LogP contribution in [0, 0.1) is 0 Å². The summed E-state index contributed by atoms with van der Waals surface area (Å²) in [6, 6.07) is 2.08. The molecule has 2 heterocycles. The number of amides is 1. The van der Waals surface area contributed by atoms with Crippen LogP contribution in [0.2, 0.25) is 0 Å². The summed E-state index contributed by atoms with van der Waals surface area (Å²) in [7, 11) is 1.79. The zero-order valence-electron chi connectivity index (χ0n) is 10.1. The minimum Gasteiger partial charge on any atom is -0.333 e. The number of carbonyl (C=O) groups is 1. The van der Waals surface area contributed by atoms with Crippen molar-refractivity contribution in [3.05, 3.63) is 34.0 Å². The van der Waals surface area contributed by atoms with Gasteiger partial charge in [-0.1, -0.05) is 0 Å². The predicted octanol–water partition coefficient (Wildman–Crippen LogP) is 2.02. The van der Waals surface area contributed by atoms with E-state index in [-0.39, 0.29) is 5.91 Å². The number of hydrogen-bond donors (Lipinski definition) is 1. The molecule has 1 aliphatic rings. The third-order valence-electron chi connectivity index (χ3n) is 3.11. The van der Waals surface area contributed by atoms with Crippen LogP contribution in [0.15, 0.2) is 17.8 Å². The number of thiophene rings is 1. The number of nitrogens with one attached hydrogen (secondary N) is 1. The molecule has 1 amide bonds. The van der Waals surface area contributed by atoms with Crippen LogP contribution in [0.3, 0.4) is 0 Å². The highest BCUT2D eigenvalue weighted by atomic mass is 32.1. The Kier molecular flexibility index (Phi) is 2.87. The fraction of sp³-hybridized carbons (Fsp3) is 0.417. The molecule has 1 N–H and O–H groups in total. The lowest BCUT2D eigenvalue weighted by molar-refractivity contribution is 0.0785. The molecular weight excluding hydrogens is 248 g/mol. The molecule has 3 rings (SSSR count). The van der Waals surface area contributed by atoms with E-state index in [1.807, 2.05) is 5.38 Å². The van der Waals surface area contributed by atoms with E-state index in [0.29, 0.717) is 18.3 Å². The van der Waals surface area contributed by atoms with Gasteiger partial charge in [-0.2, -0.15) is 5.10 Å². The molecule has 0 aliphatic heterocycles. The highest BCUT2D eigenvalue weighted by Crippen LogP contribution is 2.43. The molecule has 0 saturated heterocycles. The van der Waals surface area contributed by atoms with Gasteiger partial charge < -0.3 is 4.90 Å². The zero-order chi connectivity index (χ0) is 12.5. The summed E-state index contributed by atoms with van der Waals surface area (Å²) >= 11 is 1.53. The summed E-state index contributed by atoms with van der Waals surface area (Å²) in [5, 5.41) is 8.55. The average Bonchev–Trinajstić information content (AvgIpc) is 2.90. The maximum atomic E-state index is 12.4. The van der Waals surface area contributed by atoms with Crippen LogP contribution >= 0.6 is 11.3 Å². The number of H-pyrrole nitrogens is 1. The van der Waals surface area contributed by atoms with E-state index in [0.717, 1.165) is 4.88 Å². The first-order valence-corrected chi connectivity index (χ1v) is 6.80. The molecule has 5 nitrogen and oxygen atoms in total. The highest BCUT2D eigenvalue weighted by molar-refractivity contribution is 7.12. The fourth-order valence-electron chi connectivity index (χ4n) is 1.99. The maximum absolute atomic E-state index is 12.4. The second-order valence-corrected chi connectivity index (χ2v) is 5.49. The number of nitrogens with zero attached hydrogens (tertiary/aromatic N) is 3. The van der Waals surface area contributed by atoms with E-state index < -0.39 is 0 Å². The van der Waals surface area contributed by atoms with Gasteiger partial charge in [0.2, 0.25) is 0 Å². The molecule has 0 unspecified atom stereocenters. The van der Waals surface area contributed by atoms with Gasteiger partial charge in [0.15, 0.2) is 0 Å². The normalized spacial score (nSPS) is 14.7. The summed E-state index contributed by atoms with van der Waals surface area (Å²) < 4.78 is 0. The molecule has 94 valence electrons. The quantitative estimate of drug-likeness (QED) is 0.917. The molecule has 0 radical (unpaired) electrons. The van der Waals surface area contributed by atoms with Gasteiger partial charge in [0.25, 0.3) is 5.91 Å². The van der Waals surface area contributed by atoms with Crippen LogP contribution in [0.1, 0.15) is 39.8 Å². The third kappa shape index (κ3) is 2.15. The van der Waals surface area contributed by atoms with Crippen LogP contribution < -0.4 is 0 Å². The minimum absolute atomic E-state index is 0.0725. The largest absolute Gasteiger partial charge is 0.333 e. The molecule has 6 heteroatoms. The first-order valence-electron chi connectivity index (χ1n) is 5.93. The molecule has 18 heavy (non-hydrogen) atoms. The topological polar surface area (TPSA) is 61.9 Å². The SMILES string of the molecule is CN(Cc1ncn[nH]1)C(=O)c1sccc1C1CC1. The fourth-order valence-corrected chi connectivity index (χ4v) is 2.96. The average molecular weight is 262 g/mol. The lowest BCUT2D eigenvalue weighted by Crippen LogP contribution is -2.26. The summed E-state index contributed by atoms with van der Waals surface area (Å²) in [6.07, 6.45) is 3.88. The van der Waals surface area contributed by atoms with Crippen LogP contribution in [-0.4, -0.2) is 33.0 Å². The third-order valence-corrected chi connectivity index (χ3v) is 4.02. The minimum atomic E-state index is 0.0725. The number of hydrogen-bond acceptors (Lipinski definition) is 4. The Morgan fingerprint density at radius 2 is 2.44 bits per heavy atom. The first kappa shape index (κ1) is 11.4. The smallest absolute Gasteiger partial charge is 0.264 e. The van der Waals surface area contributed by atoms with Crippen LogP contribution in [0.5, 0.6) is 0 Å². The molecule has 2 aromatic heterocycles. The van der Waals surface area contributed by atoms with Crippen molar-refractivity contribution in [1.82, 2.24) is 20.1 Å². The molecule has 1 fully saturated rings. The van der Waals surface area contributed by atoms with Gasteiger partial charge in [-0.25, -0.2) is 4.98 Å². The number of rotatable bonds is 4. The highest BCUT2D eigenvalue weighted by Gasteiger charge is 2.29. The van der Waals surface area contributed by atoms with E-state index >= 15 is 0 Å². The van der Waals surface area contributed by atoms with Crippen molar-refractivity contribution in [1.29, 1.82) is 0 Å². The molecule has 1 aliphatic carbocycles. The van der Waals surface area contributed by atoms with Crippen LogP contribution in [0.4, 0.5) is 0 Å². The summed E-state index contributed by atoms with van der Waals surface area (Å²) in [5.41, 5.74) is 1.22.